The Bertz CT molecular complexity index is 640. The monoisotopic (exact) mass is 298 g/mol. The lowest BCUT2D eigenvalue weighted by molar-refractivity contribution is -0.121. The van der Waals surface area contributed by atoms with E-state index in [0.29, 0.717) is 19.4 Å². The summed E-state index contributed by atoms with van der Waals surface area (Å²) < 4.78 is 0. The van der Waals surface area contributed by atoms with Crippen LogP contribution < -0.4 is 16.0 Å². The van der Waals surface area contributed by atoms with Gasteiger partial charge in [0.15, 0.2) is 0 Å². The SMILES string of the molecule is CN(C)c1ncccc1CNC(=O)CCc1ccccc1N. The minimum Gasteiger partial charge on any atom is -0.399 e. The van der Waals surface area contributed by atoms with Gasteiger partial charge >= 0.3 is 0 Å². The van der Waals surface area contributed by atoms with Crippen molar-refractivity contribution in [3.8, 4) is 0 Å². The van der Waals surface area contributed by atoms with Crippen molar-refractivity contribution in [2.24, 2.45) is 0 Å². The second kappa shape index (κ2) is 7.45. The summed E-state index contributed by atoms with van der Waals surface area (Å²) in [6.45, 7) is 0.477. The minimum atomic E-state index is 0.0109. The zero-order chi connectivity index (χ0) is 15.9. The number of carbonyl (C=O) groups is 1. The number of aryl methyl sites for hydroxylation is 1. The number of aromatic nitrogens is 1. The van der Waals surface area contributed by atoms with Gasteiger partial charge in [-0.3, -0.25) is 4.79 Å². The van der Waals surface area contributed by atoms with E-state index in [1.165, 1.54) is 0 Å². The number of carbonyl (C=O) groups excluding carboxylic acids is 1. The number of nitrogen functional groups attached to an aromatic ring is 1. The van der Waals surface area contributed by atoms with Gasteiger partial charge in [0.2, 0.25) is 5.91 Å². The van der Waals surface area contributed by atoms with Crippen LogP contribution in [0, 0.1) is 0 Å². The topological polar surface area (TPSA) is 71.2 Å². The Labute approximate surface area is 131 Å². The summed E-state index contributed by atoms with van der Waals surface area (Å²) in [5, 5.41) is 2.94. The molecule has 3 N–H and O–H groups in total. The van der Waals surface area contributed by atoms with Gasteiger partial charge in [-0.25, -0.2) is 4.98 Å². The second-order valence-electron chi connectivity index (χ2n) is 5.36. The Morgan fingerprint density at radius 3 is 2.64 bits per heavy atom. The molecule has 0 unspecified atom stereocenters. The number of rotatable bonds is 6. The third-order valence-corrected chi connectivity index (χ3v) is 3.44. The summed E-state index contributed by atoms with van der Waals surface area (Å²) in [5.41, 5.74) is 8.62. The maximum Gasteiger partial charge on any atom is 0.220 e. The zero-order valence-electron chi connectivity index (χ0n) is 13.0. The van der Waals surface area contributed by atoms with Gasteiger partial charge in [0.1, 0.15) is 5.82 Å². The highest BCUT2D eigenvalue weighted by Crippen LogP contribution is 2.15. The number of nitrogens with one attached hydrogen (secondary N) is 1. The summed E-state index contributed by atoms with van der Waals surface area (Å²) in [6.07, 6.45) is 2.82. The number of hydrogen-bond acceptors (Lipinski definition) is 4. The number of nitrogens with zero attached hydrogens (tertiary/aromatic N) is 2. The molecule has 0 fully saturated rings. The lowest BCUT2D eigenvalue weighted by Crippen LogP contribution is -2.24. The first-order chi connectivity index (χ1) is 10.6. The van der Waals surface area contributed by atoms with Gasteiger partial charge in [-0.2, -0.15) is 0 Å². The van der Waals surface area contributed by atoms with Crippen molar-refractivity contribution < 1.29 is 4.79 Å². The highest BCUT2D eigenvalue weighted by Gasteiger charge is 2.08. The molecule has 2 rings (SSSR count). The molecule has 0 radical (unpaired) electrons. The van der Waals surface area contributed by atoms with Crippen molar-refractivity contribution in [3.63, 3.8) is 0 Å². The number of anilines is 2. The summed E-state index contributed by atoms with van der Waals surface area (Å²) in [4.78, 5) is 18.3. The van der Waals surface area contributed by atoms with E-state index >= 15 is 0 Å². The fraction of sp³-hybridized carbons (Fsp3) is 0.294. The lowest BCUT2D eigenvalue weighted by atomic mass is 10.1. The van der Waals surface area contributed by atoms with Gasteiger partial charge in [-0.1, -0.05) is 24.3 Å². The van der Waals surface area contributed by atoms with Crippen molar-refractivity contribution >= 4 is 17.4 Å². The second-order valence-corrected chi connectivity index (χ2v) is 5.36. The molecule has 0 saturated carbocycles. The van der Waals surface area contributed by atoms with E-state index in [2.05, 4.69) is 10.3 Å². The Balaban J connectivity index is 1.87. The third-order valence-electron chi connectivity index (χ3n) is 3.44. The first-order valence-corrected chi connectivity index (χ1v) is 7.29. The molecule has 2 aromatic rings. The summed E-state index contributed by atoms with van der Waals surface area (Å²) in [5.74, 6) is 0.881. The minimum absolute atomic E-state index is 0.0109. The average Bonchev–Trinajstić information content (AvgIpc) is 2.52. The van der Waals surface area contributed by atoms with E-state index in [9.17, 15) is 4.79 Å². The van der Waals surface area contributed by atoms with E-state index in [-0.39, 0.29) is 5.91 Å². The molecule has 0 aliphatic heterocycles. The Hall–Kier alpha value is -2.56. The van der Waals surface area contributed by atoms with Gasteiger partial charge in [0, 0.05) is 44.5 Å². The average molecular weight is 298 g/mol. The van der Waals surface area contributed by atoms with E-state index in [1.807, 2.05) is 55.4 Å². The third kappa shape index (κ3) is 4.22. The van der Waals surface area contributed by atoms with Gasteiger partial charge in [-0.05, 0) is 24.1 Å². The molecule has 0 aliphatic carbocycles. The number of amides is 1. The first-order valence-electron chi connectivity index (χ1n) is 7.29. The lowest BCUT2D eigenvalue weighted by Gasteiger charge is -2.16. The molecule has 1 amide bonds. The van der Waals surface area contributed by atoms with E-state index < -0.39 is 0 Å². The van der Waals surface area contributed by atoms with Crippen molar-refractivity contribution in [1.82, 2.24) is 10.3 Å². The van der Waals surface area contributed by atoms with Gasteiger partial charge < -0.3 is 16.0 Å². The maximum absolute atomic E-state index is 12.0. The molecule has 0 saturated heterocycles. The number of para-hydroxylation sites is 1. The Kier molecular flexibility index (Phi) is 5.36. The van der Waals surface area contributed by atoms with Crippen molar-refractivity contribution in [1.29, 1.82) is 0 Å². The fourth-order valence-electron chi connectivity index (χ4n) is 2.26. The molecule has 22 heavy (non-hydrogen) atoms. The highest BCUT2D eigenvalue weighted by atomic mass is 16.1. The molecular formula is C17H22N4O. The van der Waals surface area contributed by atoms with E-state index in [0.717, 1.165) is 22.6 Å². The van der Waals surface area contributed by atoms with Crippen LogP contribution in [0.5, 0.6) is 0 Å². The molecule has 5 heteroatoms. The molecule has 0 bridgehead atoms. The quantitative estimate of drug-likeness (QED) is 0.800. The van der Waals surface area contributed by atoms with Gasteiger partial charge in [0.25, 0.3) is 0 Å². The van der Waals surface area contributed by atoms with Crippen LogP contribution >= 0.6 is 0 Å². The molecule has 5 nitrogen and oxygen atoms in total. The molecule has 1 aromatic carbocycles. The summed E-state index contributed by atoms with van der Waals surface area (Å²) >= 11 is 0. The predicted molar refractivity (Wildman–Crippen MR) is 89.6 cm³/mol. The number of pyridine rings is 1. The molecule has 0 spiro atoms. The molecule has 116 valence electrons. The van der Waals surface area contributed by atoms with E-state index in [1.54, 1.807) is 6.20 Å². The highest BCUT2D eigenvalue weighted by molar-refractivity contribution is 5.76. The standard InChI is InChI=1S/C17H22N4O/c1-21(2)17-14(7-5-11-19-17)12-20-16(22)10-9-13-6-3-4-8-15(13)18/h3-8,11H,9-10,12,18H2,1-2H3,(H,20,22). The normalized spacial score (nSPS) is 10.3. The summed E-state index contributed by atoms with van der Waals surface area (Å²) in [7, 11) is 3.87. The molecule has 1 heterocycles. The van der Waals surface area contributed by atoms with Crippen LogP contribution in [0.3, 0.4) is 0 Å². The molecular weight excluding hydrogens is 276 g/mol. The van der Waals surface area contributed by atoms with Crippen LogP contribution in [0.15, 0.2) is 42.6 Å². The molecule has 0 aliphatic rings. The van der Waals surface area contributed by atoms with Crippen LogP contribution in [-0.4, -0.2) is 25.0 Å². The van der Waals surface area contributed by atoms with E-state index in [4.69, 9.17) is 5.73 Å². The Morgan fingerprint density at radius 1 is 1.18 bits per heavy atom. The first kappa shape index (κ1) is 15.8. The van der Waals surface area contributed by atoms with Crippen LogP contribution in [-0.2, 0) is 17.8 Å². The summed E-state index contributed by atoms with van der Waals surface area (Å²) in [6, 6.07) is 11.5. The van der Waals surface area contributed by atoms with Crippen LogP contribution in [0.25, 0.3) is 0 Å². The zero-order valence-corrected chi connectivity index (χ0v) is 13.0. The Morgan fingerprint density at radius 2 is 1.91 bits per heavy atom. The number of hydrogen-bond donors (Lipinski definition) is 2. The predicted octanol–water partition coefficient (Wildman–Crippen LogP) is 1.98. The van der Waals surface area contributed by atoms with Gasteiger partial charge in [-0.15, -0.1) is 0 Å². The van der Waals surface area contributed by atoms with Crippen molar-refractivity contribution in [2.75, 3.05) is 24.7 Å². The van der Waals surface area contributed by atoms with Crippen molar-refractivity contribution in [3.05, 3.63) is 53.7 Å². The van der Waals surface area contributed by atoms with Crippen LogP contribution in [0.4, 0.5) is 11.5 Å². The largest absolute Gasteiger partial charge is 0.399 e. The van der Waals surface area contributed by atoms with Crippen molar-refractivity contribution in [2.45, 2.75) is 19.4 Å². The molecule has 0 atom stereocenters. The maximum atomic E-state index is 12.0. The fourth-order valence-corrected chi connectivity index (χ4v) is 2.26. The molecule has 1 aromatic heterocycles. The smallest absolute Gasteiger partial charge is 0.220 e. The van der Waals surface area contributed by atoms with Crippen LogP contribution in [0.2, 0.25) is 0 Å². The number of nitrogens with two attached hydrogens (primary N) is 1. The number of benzene rings is 1. The van der Waals surface area contributed by atoms with Crippen LogP contribution in [0.1, 0.15) is 17.5 Å². The van der Waals surface area contributed by atoms with Gasteiger partial charge in [0.05, 0.1) is 0 Å².